The van der Waals surface area contributed by atoms with Gasteiger partial charge in [-0.15, -0.1) is 0 Å². The van der Waals surface area contributed by atoms with Crippen LogP contribution in [0.1, 0.15) is 13.3 Å². The Bertz CT molecular complexity index is 246. The molecule has 0 aliphatic rings. The second-order valence-corrected chi connectivity index (χ2v) is 2.47. The van der Waals surface area contributed by atoms with E-state index >= 15 is 0 Å². The summed E-state index contributed by atoms with van der Waals surface area (Å²) >= 11 is 0. The molecule has 1 amide bonds. The highest BCUT2D eigenvalue weighted by Crippen LogP contribution is 1.90. The van der Waals surface area contributed by atoms with Crippen LogP contribution in [0.3, 0.4) is 0 Å². The number of likely N-dealkylation sites (N-methyl/N-ethyl adjacent to an activating group) is 1. The van der Waals surface area contributed by atoms with Gasteiger partial charge >= 0.3 is 0 Å². The van der Waals surface area contributed by atoms with Gasteiger partial charge in [-0.05, 0) is 12.6 Å². The summed E-state index contributed by atoms with van der Waals surface area (Å²) < 4.78 is 0. The summed E-state index contributed by atoms with van der Waals surface area (Å²) in [6.45, 7) is 1.99. The minimum Gasteiger partial charge on any atom is -0.383 e. The highest BCUT2D eigenvalue weighted by molar-refractivity contribution is 5.92. The lowest BCUT2D eigenvalue weighted by Crippen LogP contribution is -2.38. The molecule has 0 aromatic heterocycles. The lowest BCUT2D eigenvalue weighted by Gasteiger charge is -2.09. The first kappa shape index (κ1) is 12.3. The molecule has 0 spiro atoms. The molecule has 0 radical (unpaired) electrons. The summed E-state index contributed by atoms with van der Waals surface area (Å²) in [5.41, 5.74) is 7.77. The molecular weight excluding hydrogens is 182 g/mol. The van der Waals surface area contributed by atoms with Crippen LogP contribution >= 0.6 is 0 Å². The zero-order valence-corrected chi connectivity index (χ0v) is 8.42. The van der Waals surface area contributed by atoms with E-state index in [1.165, 1.54) is 0 Å². The van der Waals surface area contributed by atoms with Crippen LogP contribution in [0.5, 0.6) is 0 Å². The van der Waals surface area contributed by atoms with E-state index in [2.05, 4.69) is 10.6 Å². The molecule has 14 heavy (non-hydrogen) atoms. The van der Waals surface area contributed by atoms with Crippen LogP contribution in [0.4, 0.5) is 0 Å². The minimum atomic E-state index is -0.470. The maximum absolute atomic E-state index is 11.1. The van der Waals surface area contributed by atoms with Gasteiger partial charge in [-0.25, -0.2) is 5.84 Å². The zero-order valence-electron chi connectivity index (χ0n) is 8.42. The first-order chi connectivity index (χ1) is 6.67. The lowest BCUT2D eigenvalue weighted by atomic mass is 10.4. The molecule has 0 aromatic rings. The fraction of sp³-hybridized carbons (Fsp3) is 0.375. The fourth-order valence-corrected chi connectivity index (χ4v) is 0.781. The predicted octanol–water partition coefficient (Wildman–Crippen LogP) is -1.16. The van der Waals surface area contributed by atoms with Crippen LogP contribution in [0, 0.1) is 0 Å². The Kier molecular flexibility index (Phi) is 5.97. The number of allylic oxidation sites excluding steroid dienone is 1. The van der Waals surface area contributed by atoms with E-state index in [1.807, 2.05) is 18.4 Å². The van der Waals surface area contributed by atoms with Crippen molar-refractivity contribution in [1.82, 2.24) is 16.1 Å². The third-order valence-electron chi connectivity index (χ3n) is 1.47. The van der Waals surface area contributed by atoms with Crippen molar-refractivity contribution < 1.29 is 4.79 Å². The van der Waals surface area contributed by atoms with Gasteiger partial charge < -0.3 is 16.4 Å². The third-order valence-corrected chi connectivity index (χ3v) is 1.47. The predicted molar refractivity (Wildman–Crippen MR) is 55.2 cm³/mol. The monoisotopic (exact) mass is 199 g/mol. The Morgan fingerprint density at radius 1 is 1.50 bits per heavy atom. The van der Waals surface area contributed by atoms with Gasteiger partial charge in [0.1, 0.15) is 11.5 Å². The Morgan fingerprint density at radius 3 is 2.57 bits per heavy atom. The standard InChI is InChI=1S/C8H17N5O/c1-3-4-5-12-7(9)6(11-2)8(14)13-10/h4-5,11-12H,3,9-10H2,1-2H3,(H,13,14)/b5-4-,7-6-. The van der Waals surface area contributed by atoms with Crippen molar-refractivity contribution in [3.05, 3.63) is 23.8 Å². The Morgan fingerprint density at radius 2 is 2.14 bits per heavy atom. The van der Waals surface area contributed by atoms with Crippen molar-refractivity contribution >= 4 is 5.91 Å². The SMILES string of the molecule is CC/C=C\N/C(N)=C(\NC)C(=O)NN. The summed E-state index contributed by atoms with van der Waals surface area (Å²) in [6, 6.07) is 0. The van der Waals surface area contributed by atoms with E-state index < -0.39 is 5.91 Å². The number of hydrogen-bond acceptors (Lipinski definition) is 5. The van der Waals surface area contributed by atoms with Crippen molar-refractivity contribution in [2.24, 2.45) is 11.6 Å². The Balaban J connectivity index is 4.49. The van der Waals surface area contributed by atoms with Gasteiger partial charge in [0.05, 0.1) is 0 Å². The molecule has 0 bridgehead atoms. The van der Waals surface area contributed by atoms with E-state index in [0.717, 1.165) is 6.42 Å². The number of hydrazine groups is 1. The molecule has 80 valence electrons. The first-order valence-corrected chi connectivity index (χ1v) is 4.27. The highest BCUT2D eigenvalue weighted by Gasteiger charge is 2.09. The smallest absolute Gasteiger partial charge is 0.284 e. The van der Waals surface area contributed by atoms with E-state index in [4.69, 9.17) is 11.6 Å². The number of carbonyl (C=O) groups excluding carboxylic acids is 1. The normalized spacial score (nSPS) is 12.2. The molecule has 0 fully saturated rings. The Labute approximate surface area is 83.4 Å². The molecule has 0 rings (SSSR count). The molecular formula is C8H17N5O. The van der Waals surface area contributed by atoms with Gasteiger partial charge in [-0.3, -0.25) is 10.2 Å². The molecule has 0 atom stereocenters. The lowest BCUT2D eigenvalue weighted by molar-refractivity contribution is -0.117. The summed E-state index contributed by atoms with van der Waals surface area (Å²) in [7, 11) is 1.59. The topological polar surface area (TPSA) is 105 Å². The highest BCUT2D eigenvalue weighted by atomic mass is 16.2. The molecule has 0 aliphatic heterocycles. The molecule has 6 heteroatoms. The first-order valence-electron chi connectivity index (χ1n) is 4.27. The van der Waals surface area contributed by atoms with Gasteiger partial charge in [0.2, 0.25) is 0 Å². The summed E-state index contributed by atoms with van der Waals surface area (Å²) in [5, 5.41) is 5.39. The van der Waals surface area contributed by atoms with Crippen molar-refractivity contribution in [2.75, 3.05) is 7.05 Å². The number of amides is 1. The molecule has 0 saturated carbocycles. The van der Waals surface area contributed by atoms with Crippen LogP contribution in [0.25, 0.3) is 0 Å². The minimum absolute atomic E-state index is 0.202. The van der Waals surface area contributed by atoms with Crippen LogP contribution in [-0.2, 0) is 4.79 Å². The summed E-state index contributed by atoms with van der Waals surface area (Å²) in [6.07, 6.45) is 4.43. The van der Waals surface area contributed by atoms with Crippen molar-refractivity contribution in [1.29, 1.82) is 0 Å². The summed E-state index contributed by atoms with van der Waals surface area (Å²) in [4.78, 5) is 11.1. The molecule has 7 N–H and O–H groups in total. The van der Waals surface area contributed by atoms with Gasteiger partial charge in [0.15, 0.2) is 0 Å². The van der Waals surface area contributed by atoms with Crippen LogP contribution in [0.15, 0.2) is 23.8 Å². The number of nitrogens with two attached hydrogens (primary N) is 2. The molecule has 0 unspecified atom stereocenters. The molecule has 0 saturated heterocycles. The second-order valence-electron chi connectivity index (χ2n) is 2.47. The van der Waals surface area contributed by atoms with Crippen LogP contribution in [-0.4, -0.2) is 13.0 Å². The van der Waals surface area contributed by atoms with Gasteiger partial charge in [0, 0.05) is 7.05 Å². The number of carbonyl (C=O) groups is 1. The zero-order chi connectivity index (χ0) is 11.0. The van der Waals surface area contributed by atoms with E-state index in [9.17, 15) is 4.79 Å². The van der Waals surface area contributed by atoms with Crippen molar-refractivity contribution in [3.8, 4) is 0 Å². The van der Waals surface area contributed by atoms with E-state index in [-0.39, 0.29) is 11.5 Å². The van der Waals surface area contributed by atoms with Crippen LogP contribution < -0.4 is 27.6 Å². The van der Waals surface area contributed by atoms with Crippen LogP contribution in [0.2, 0.25) is 0 Å². The average molecular weight is 199 g/mol. The van der Waals surface area contributed by atoms with Gasteiger partial charge in [-0.2, -0.15) is 0 Å². The largest absolute Gasteiger partial charge is 0.383 e. The summed E-state index contributed by atoms with van der Waals surface area (Å²) in [5.74, 6) is 4.72. The number of nitrogens with one attached hydrogen (secondary N) is 3. The molecule has 0 aromatic carbocycles. The van der Waals surface area contributed by atoms with Crippen molar-refractivity contribution in [2.45, 2.75) is 13.3 Å². The van der Waals surface area contributed by atoms with Crippen molar-refractivity contribution in [3.63, 3.8) is 0 Å². The quantitative estimate of drug-likeness (QED) is 0.166. The maximum atomic E-state index is 11.1. The van der Waals surface area contributed by atoms with E-state index in [0.29, 0.717) is 0 Å². The van der Waals surface area contributed by atoms with Gasteiger partial charge in [0.25, 0.3) is 5.91 Å². The third kappa shape index (κ3) is 3.81. The maximum Gasteiger partial charge on any atom is 0.284 e. The van der Waals surface area contributed by atoms with Gasteiger partial charge in [-0.1, -0.05) is 13.0 Å². The Hall–Kier alpha value is -1.69. The average Bonchev–Trinajstić information content (AvgIpc) is 2.19. The molecule has 0 heterocycles. The molecule has 6 nitrogen and oxygen atoms in total. The number of rotatable bonds is 5. The molecule has 0 aliphatic carbocycles. The fourth-order valence-electron chi connectivity index (χ4n) is 0.781. The number of hydrogen-bond donors (Lipinski definition) is 5. The van der Waals surface area contributed by atoms with E-state index in [1.54, 1.807) is 13.2 Å². The second kappa shape index (κ2) is 6.79.